The quantitative estimate of drug-likeness (QED) is 0.337. The Morgan fingerprint density at radius 3 is 2.43 bits per heavy atom. The molecule has 0 saturated carbocycles. The predicted molar refractivity (Wildman–Crippen MR) is 169 cm³/mol. The van der Waals surface area contributed by atoms with E-state index in [1.165, 1.54) is 29.8 Å². The van der Waals surface area contributed by atoms with Crippen LogP contribution in [0.3, 0.4) is 0 Å². The Balaban J connectivity index is 0.00000500. The number of imidazole rings is 1. The largest absolute Gasteiger partial charge is 0.435 e. The van der Waals surface area contributed by atoms with Gasteiger partial charge in [-0.3, -0.25) is 19.1 Å². The van der Waals surface area contributed by atoms with Crippen LogP contribution in [-0.4, -0.2) is 97.8 Å². The molecule has 0 unspecified atom stereocenters. The highest BCUT2D eigenvalue weighted by Crippen LogP contribution is 2.36. The molecule has 0 bridgehead atoms. The summed E-state index contributed by atoms with van der Waals surface area (Å²) in [6, 6.07) is 4.39. The van der Waals surface area contributed by atoms with E-state index in [4.69, 9.17) is 16.7 Å². The number of rotatable bonds is 6. The second-order valence-corrected chi connectivity index (χ2v) is 11.3. The summed E-state index contributed by atoms with van der Waals surface area (Å²) in [6.45, 7) is 2.65. The highest BCUT2D eigenvalue weighted by atomic mass is 35.5. The van der Waals surface area contributed by atoms with Crippen molar-refractivity contribution in [3.05, 3.63) is 52.7 Å². The van der Waals surface area contributed by atoms with E-state index in [2.05, 4.69) is 32.6 Å². The van der Waals surface area contributed by atoms with Crippen LogP contribution >= 0.6 is 24.0 Å². The average molecular weight is 698 g/mol. The van der Waals surface area contributed by atoms with Crippen LogP contribution in [0.15, 0.2) is 30.6 Å². The number of benzene rings is 1. The number of hydrogen-bond donors (Lipinski definition) is 3. The number of amides is 3. The molecule has 4 heterocycles. The molecule has 1 aromatic carbocycles. The molecular weight excluding hydrogens is 664 g/mol. The molecule has 3 amide bonds. The highest BCUT2D eigenvalue weighted by molar-refractivity contribution is 6.34. The number of anilines is 1. The summed E-state index contributed by atoms with van der Waals surface area (Å²) in [7, 11) is 1.40. The normalized spacial score (nSPS) is 15.4. The Hall–Kier alpha value is -4.10. The molecule has 47 heavy (non-hydrogen) atoms. The van der Waals surface area contributed by atoms with Crippen molar-refractivity contribution in [2.45, 2.75) is 25.6 Å². The minimum atomic E-state index is -4.79. The number of nitrogens with one attached hydrogen (secondary N) is 2. The van der Waals surface area contributed by atoms with Crippen LogP contribution in [0.1, 0.15) is 39.5 Å². The van der Waals surface area contributed by atoms with Crippen LogP contribution in [0.4, 0.5) is 18.9 Å². The van der Waals surface area contributed by atoms with Gasteiger partial charge in [0, 0.05) is 51.0 Å². The molecular formula is C30H33Cl2F3N8O4. The molecule has 2 aliphatic rings. The monoisotopic (exact) mass is 696 g/mol. The summed E-state index contributed by atoms with van der Waals surface area (Å²) in [5.74, 6) is 3.81. The number of carbonyl (C=O) groups is 3. The number of aromatic nitrogens is 4. The lowest BCUT2D eigenvalue weighted by Crippen LogP contribution is -2.52. The highest BCUT2D eigenvalue weighted by Gasteiger charge is 2.38. The maximum Gasteiger partial charge on any atom is 0.435 e. The fraction of sp³-hybridized carbons (Fsp3) is 0.433. The maximum atomic E-state index is 13.8. The van der Waals surface area contributed by atoms with Gasteiger partial charge >= 0.3 is 6.18 Å². The summed E-state index contributed by atoms with van der Waals surface area (Å²) >= 11 is 6.45. The second-order valence-electron chi connectivity index (χ2n) is 10.9. The molecule has 5 rings (SSSR count). The van der Waals surface area contributed by atoms with Gasteiger partial charge in [0.2, 0.25) is 5.91 Å². The van der Waals surface area contributed by atoms with E-state index in [0.29, 0.717) is 26.2 Å². The SMILES string of the molecule is Cl.Cn1c(-c2cn(CC#CCO)nc2C(F)(F)F)cnc1C(=O)Nc1ccc(C(=O)N2CCN(C(=O)C3CCNCC3)CC2)c(Cl)c1. The van der Waals surface area contributed by atoms with Gasteiger partial charge in [0.1, 0.15) is 13.2 Å². The minimum absolute atomic E-state index is 0. The molecule has 0 aliphatic carbocycles. The maximum absolute atomic E-state index is 13.8. The standard InChI is InChI=1S/C30H32ClF3N8O4.ClH/c1-39-24(22-18-42(10-2-3-15-43)38-25(22)30(32,33)34)17-36-26(39)27(44)37-20-4-5-21(23(31)16-20)29(46)41-13-11-40(12-14-41)28(45)19-6-8-35-9-7-19;/h4-5,16-19,35,43H,6-15H2,1H3,(H,37,44);1H. The van der Waals surface area contributed by atoms with Gasteiger partial charge in [-0.25, -0.2) is 4.98 Å². The van der Waals surface area contributed by atoms with Gasteiger partial charge in [0.25, 0.3) is 11.8 Å². The third-order valence-corrected chi connectivity index (χ3v) is 8.28. The molecule has 252 valence electrons. The van der Waals surface area contributed by atoms with E-state index in [1.807, 2.05) is 4.90 Å². The number of nitrogens with zero attached hydrogens (tertiary/aromatic N) is 6. The van der Waals surface area contributed by atoms with Gasteiger partial charge in [-0.1, -0.05) is 23.4 Å². The van der Waals surface area contributed by atoms with Crippen molar-refractivity contribution in [2.24, 2.45) is 13.0 Å². The number of halogens is 5. The number of hydrogen-bond acceptors (Lipinski definition) is 7. The van der Waals surface area contributed by atoms with Crippen molar-refractivity contribution < 1.29 is 32.7 Å². The molecule has 2 fully saturated rings. The van der Waals surface area contributed by atoms with Crippen molar-refractivity contribution in [1.29, 1.82) is 0 Å². The van der Waals surface area contributed by atoms with Crippen molar-refractivity contribution in [3.8, 4) is 23.1 Å². The summed E-state index contributed by atoms with van der Waals surface area (Å²) in [6.07, 6.45) is -0.879. The van der Waals surface area contributed by atoms with Crippen LogP contribution in [-0.2, 0) is 24.6 Å². The van der Waals surface area contributed by atoms with Gasteiger partial charge in [0.05, 0.1) is 28.0 Å². The van der Waals surface area contributed by atoms with Crippen LogP contribution in [0.2, 0.25) is 5.02 Å². The first-order valence-corrected chi connectivity index (χ1v) is 15.0. The van der Waals surface area contributed by atoms with E-state index in [-0.39, 0.29) is 70.0 Å². The third kappa shape index (κ3) is 8.07. The van der Waals surface area contributed by atoms with Crippen LogP contribution in [0.25, 0.3) is 11.3 Å². The molecule has 17 heteroatoms. The molecule has 2 saturated heterocycles. The number of carbonyl (C=O) groups excluding carboxylic acids is 3. The Labute approximate surface area is 279 Å². The lowest BCUT2D eigenvalue weighted by molar-refractivity contribution is -0.141. The number of aliphatic hydroxyl groups excluding tert-OH is 1. The summed E-state index contributed by atoms with van der Waals surface area (Å²) in [5.41, 5.74) is -0.989. The third-order valence-electron chi connectivity index (χ3n) is 7.97. The topological polar surface area (TPSA) is 138 Å². The zero-order valence-electron chi connectivity index (χ0n) is 25.3. The van der Waals surface area contributed by atoms with Gasteiger partial charge in [-0.15, -0.1) is 12.4 Å². The Kier molecular flexibility index (Phi) is 11.6. The number of piperazine rings is 1. The molecule has 12 nitrogen and oxygen atoms in total. The van der Waals surface area contributed by atoms with Gasteiger partial charge in [-0.2, -0.15) is 18.3 Å². The zero-order valence-corrected chi connectivity index (χ0v) is 26.9. The first-order valence-electron chi connectivity index (χ1n) is 14.6. The Bertz CT molecular complexity index is 1680. The summed E-state index contributed by atoms with van der Waals surface area (Å²) in [4.78, 5) is 46.7. The van der Waals surface area contributed by atoms with E-state index in [9.17, 15) is 27.6 Å². The number of aliphatic hydroxyl groups is 1. The lowest BCUT2D eigenvalue weighted by Gasteiger charge is -2.37. The first-order chi connectivity index (χ1) is 22.0. The van der Waals surface area contributed by atoms with Gasteiger partial charge in [-0.05, 0) is 44.1 Å². The van der Waals surface area contributed by atoms with E-state index in [1.54, 1.807) is 4.90 Å². The summed E-state index contributed by atoms with van der Waals surface area (Å²) < 4.78 is 43.5. The van der Waals surface area contributed by atoms with Crippen molar-refractivity contribution in [2.75, 3.05) is 51.2 Å². The van der Waals surface area contributed by atoms with E-state index >= 15 is 0 Å². The minimum Gasteiger partial charge on any atom is -0.384 e. The van der Waals surface area contributed by atoms with Crippen molar-refractivity contribution in [1.82, 2.24) is 34.4 Å². The average Bonchev–Trinajstić information content (AvgIpc) is 3.64. The van der Waals surface area contributed by atoms with Crippen molar-refractivity contribution >= 4 is 47.4 Å². The van der Waals surface area contributed by atoms with Crippen LogP contribution in [0, 0.1) is 17.8 Å². The molecule has 3 N–H and O–H groups in total. The smallest absolute Gasteiger partial charge is 0.384 e. The Morgan fingerprint density at radius 2 is 1.79 bits per heavy atom. The summed E-state index contributed by atoms with van der Waals surface area (Å²) in [5, 5.41) is 18.4. The second kappa shape index (κ2) is 15.2. The number of alkyl halides is 3. The van der Waals surface area contributed by atoms with Crippen LogP contribution in [0.5, 0.6) is 0 Å². The zero-order chi connectivity index (χ0) is 33.0. The number of piperidine rings is 1. The first kappa shape index (κ1) is 35.7. The fourth-order valence-electron chi connectivity index (χ4n) is 5.54. The molecule has 3 aromatic rings. The van der Waals surface area contributed by atoms with Crippen molar-refractivity contribution in [3.63, 3.8) is 0 Å². The molecule has 0 atom stereocenters. The van der Waals surface area contributed by atoms with E-state index < -0.39 is 24.4 Å². The molecule has 2 aliphatic heterocycles. The predicted octanol–water partition coefficient (Wildman–Crippen LogP) is 2.91. The molecule has 2 aromatic heterocycles. The Morgan fingerprint density at radius 1 is 1.11 bits per heavy atom. The van der Waals surface area contributed by atoms with E-state index in [0.717, 1.165) is 43.0 Å². The molecule has 0 spiro atoms. The molecule has 0 radical (unpaired) electrons. The van der Waals surface area contributed by atoms with Crippen LogP contribution < -0.4 is 10.6 Å². The lowest BCUT2D eigenvalue weighted by atomic mass is 9.96. The van der Waals surface area contributed by atoms with Gasteiger partial charge < -0.3 is 30.1 Å². The van der Waals surface area contributed by atoms with Gasteiger partial charge in [0.15, 0.2) is 11.5 Å². The fourth-order valence-corrected chi connectivity index (χ4v) is 5.80.